The quantitative estimate of drug-likeness (QED) is 0.564. The van der Waals surface area contributed by atoms with Crippen LogP contribution in [-0.2, 0) is 38.6 Å². The van der Waals surface area contributed by atoms with Gasteiger partial charge in [-0.3, -0.25) is 10.2 Å². The number of hydrogen-bond donors (Lipinski definition) is 1. The molecule has 8 nitrogen and oxygen atoms in total. The summed E-state index contributed by atoms with van der Waals surface area (Å²) in [6.45, 7) is 5.59. The second kappa shape index (κ2) is 9.72. The molecule has 170 valence electrons. The predicted molar refractivity (Wildman–Crippen MR) is 118 cm³/mol. The third-order valence-electron chi connectivity index (χ3n) is 4.89. The summed E-state index contributed by atoms with van der Waals surface area (Å²) in [6, 6.07) is 13.8. The summed E-state index contributed by atoms with van der Waals surface area (Å²) in [6.07, 6.45) is -0.893. The highest BCUT2D eigenvalue weighted by atomic mass is 16.6. The highest BCUT2D eigenvalue weighted by molar-refractivity contribution is 5.86. The lowest BCUT2D eigenvalue weighted by molar-refractivity contribution is -0.147. The summed E-state index contributed by atoms with van der Waals surface area (Å²) < 4.78 is 15.6. The lowest BCUT2D eigenvalue weighted by atomic mass is 9.93. The summed E-state index contributed by atoms with van der Waals surface area (Å²) in [5.74, 6) is -0.511. The van der Waals surface area contributed by atoms with Crippen LogP contribution in [0.5, 0.6) is 0 Å². The lowest BCUT2D eigenvalue weighted by Crippen LogP contribution is -2.49. The number of amides is 2. The van der Waals surface area contributed by atoms with Crippen LogP contribution in [0.2, 0.25) is 0 Å². The fraction of sp³-hybridized carbons (Fsp3) is 0.375. The van der Waals surface area contributed by atoms with E-state index in [0.29, 0.717) is 5.69 Å². The third-order valence-corrected chi connectivity index (χ3v) is 4.89. The molecule has 2 aromatic rings. The molecule has 0 fully saturated rings. The molecule has 0 radical (unpaired) electrons. The number of carbonyl (C=O) groups excluding carboxylic acids is 3. The summed E-state index contributed by atoms with van der Waals surface area (Å²) >= 11 is 0. The molecule has 1 aliphatic rings. The summed E-state index contributed by atoms with van der Waals surface area (Å²) in [7, 11) is 1.29. The van der Waals surface area contributed by atoms with E-state index in [-0.39, 0.29) is 19.6 Å². The molecule has 1 aliphatic heterocycles. The number of fused-ring (bicyclic) bond motifs is 1. The van der Waals surface area contributed by atoms with Gasteiger partial charge in [0.15, 0.2) is 0 Å². The number of nitrogens with one attached hydrogen (secondary N) is 1. The van der Waals surface area contributed by atoms with Crippen molar-refractivity contribution in [3.8, 4) is 0 Å². The van der Waals surface area contributed by atoms with Crippen LogP contribution >= 0.6 is 0 Å². The van der Waals surface area contributed by atoms with Crippen molar-refractivity contribution in [2.45, 2.75) is 52.0 Å². The van der Waals surface area contributed by atoms with Gasteiger partial charge in [0.1, 0.15) is 18.2 Å². The van der Waals surface area contributed by atoms with E-state index in [4.69, 9.17) is 14.2 Å². The first kappa shape index (κ1) is 23.1. The fourth-order valence-electron chi connectivity index (χ4n) is 3.42. The van der Waals surface area contributed by atoms with Crippen molar-refractivity contribution in [3.63, 3.8) is 0 Å². The number of rotatable bonds is 4. The largest absolute Gasteiger partial charge is 0.467 e. The van der Waals surface area contributed by atoms with Gasteiger partial charge in [-0.25, -0.2) is 14.4 Å². The van der Waals surface area contributed by atoms with Crippen molar-refractivity contribution >= 4 is 23.8 Å². The van der Waals surface area contributed by atoms with Crippen LogP contribution in [0, 0.1) is 0 Å². The van der Waals surface area contributed by atoms with E-state index in [1.54, 1.807) is 32.9 Å². The molecule has 0 bridgehead atoms. The summed E-state index contributed by atoms with van der Waals surface area (Å²) in [4.78, 5) is 38.6. The zero-order valence-corrected chi connectivity index (χ0v) is 18.7. The SMILES string of the molecule is COC(=O)[C@@H]1Cc2ccc(NC(=O)OC(C)(C)C)cc2CN1C(=O)OCc1ccccc1. The first-order valence-corrected chi connectivity index (χ1v) is 10.3. The highest BCUT2D eigenvalue weighted by Gasteiger charge is 2.36. The molecule has 0 saturated heterocycles. The van der Waals surface area contributed by atoms with Crippen molar-refractivity contribution in [1.29, 1.82) is 0 Å². The lowest BCUT2D eigenvalue weighted by Gasteiger charge is -2.34. The number of carbonyl (C=O) groups is 3. The van der Waals surface area contributed by atoms with Crippen LogP contribution in [-0.4, -0.2) is 41.8 Å². The Morgan fingerprint density at radius 3 is 2.44 bits per heavy atom. The topological polar surface area (TPSA) is 94.2 Å². The van der Waals surface area contributed by atoms with Gasteiger partial charge < -0.3 is 14.2 Å². The van der Waals surface area contributed by atoms with Gasteiger partial charge in [0.2, 0.25) is 0 Å². The average Bonchev–Trinajstić information content (AvgIpc) is 2.75. The Bertz CT molecular complexity index is 984. The van der Waals surface area contributed by atoms with Crippen LogP contribution in [0.4, 0.5) is 15.3 Å². The van der Waals surface area contributed by atoms with E-state index in [1.165, 1.54) is 12.0 Å². The minimum Gasteiger partial charge on any atom is -0.467 e. The Morgan fingerprint density at radius 1 is 1.06 bits per heavy atom. The molecule has 32 heavy (non-hydrogen) atoms. The van der Waals surface area contributed by atoms with Crippen molar-refractivity contribution in [1.82, 2.24) is 4.90 Å². The number of methoxy groups -OCH3 is 1. The Labute approximate surface area is 187 Å². The van der Waals surface area contributed by atoms with E-state index in [9.17, 15) is 14.4 Å². The molecule has 1 heterocycles. The molecular formula is C24H28N2O6. The second-order valence-corrected chi connectivity index (χ2v) is 8.52. The van der Waals surface area contributed by atoms with Gasteiger partial charge in [0, 0.05) is 12.1 Å². The van der Waals surface area contributed by atoms with Crippen molar-refractivity contribution in [2.75, 3.05) is 12.4 Å². The van der Waals surface area contributed by atoms with Gasteiger partial charge in [-0.05, 0) is 49.6 Å². The molecule has 2 amide bonds. The van der Waals surface area contributed by atoms with Crippen LogP contribution in [0.1, 0.15) is 37.5 Å². The Morgan fingerprint density at radius 2 is 1.78 bits per heavy atom. The molecule has 8 heteroatoms. The van der Waals surface area contributed by atoms with Gasteiger partial charge in [-0.15, -0.1) is 0 Å². The van der Waals surface area contributed by atoms with Gasteiger partial charge >= 0.3 is 18.2 Å². The number of esters is 1. The second-order valence-electron chi connectivity index (χ2n) is 8.52. The van der Waals surface area contributed by atoms with Crippen LogP contribution in [0.3, 0.4) is 0 Å². The maximum absolute atomic E-state index is 12.8. The van der Waals surface area contributed by atoms with E-state index >= 15 is 0 Å². The molecule has 1 N–H and O–H groups in total. The normalized spacial score (nSPS) is 15.4. The molecule has 0 aliphatic carbocycles. The zero-order chi connectivity index (χ0) is 23.3. The number of anilines is 1. The van der Waals surface area contributed by atoms with Gasteiger partial charge in [0.25, 0.3) is 0 Å². The summed E-state index contributed by atoms with van der Waals surface area (Å²) in [5.41, 5.74) is 2.45. The van der Waals surface area contributed by atoms with Gasteiger partial charge in [0.05, 0.1) is 13.7 Å². The first-order chi connectivity index (χ1) is 15.2. The molecule has 1 atom stereocenters. The van der Waals surface area contributed by atoms with Gasteiger partial charge in [-0.1, -0.05) is 36.4 Å². The van der Waals surface area contributed by atoms with Gasteiger partial charge in [-0.2, -0.15) is 0 Å². The maximum atomic E-state index is 12.8. The zero-order valence-electron chi connectivity index (χ0n) is 18.7. The van der Waals surface area contributed by atoms with E-state index in [2.05, 4.69) is 5.32 Å². The van der Waals surface area contributed by atoms with Crippen molar-refractivity contribution < 1.29 is 28.6 Å². The maximum Gasteiger partial charge on any atom is 0.412 e. The molecule has 3 rings (SSSR count). The smallest absolute Gasteiger partial charge is 0.412 e. The molecular weight excluding hydrogens is 412 g/mol. The minimum absolute atomic E-state index is 0.0944. The van der Waals surface area contributed by atoms with Crippen LogP contribution < -0.4 is 5.32 Å². The predicted octanol–water partition coefficient (Wildman–Crippen LogP) is 4.27. The van der Waals surface area contributed by atoms with Crippen LogP contribution in [0.25, 0.3) is 0 Å². The number of hydrogen-bond acceptors (Lipinski definition) is 6. The molecule has 2 aromatic carbocycles. The van der Waals surface area contributed by atoms with Crippen LogP contribution in [0.15, 0.2) is 48.5 Å². The fourth-order valence-corrected chi connectivity index (χ4v) is 3.42. The van der Waals surface area contributed by atoms with E-state index in [0.717, 1.165) is 16.7 Å². The number of ether oxygens (including phenoxy) is 3. The average molecular weight is 440 g/mol. The number of nitrogens with zero attached hydrogens (tertiary/aromatic N) is 1. The Hall–Kier alpha value is -3.55. The summed E-state index contributed by atoms with van der Waals surface area (Å²) in [5, 5.41) is 2.70. The molecule has 0 unspecified atom stereocenters. The van der Waals surface area contributed by atoms with E-state index < -0.39 is 29.8 Å². The molecule has 0 spiro atoms. The molecule has 0 saturated carbocycles. The van der Waals surface area contributed by atoms with E-state index in [1.807, 2.05) is 36.4 Å². The molecule has 0 aromatic heterocycles. The van der Waals surface area contributed by atoms with Crippen molar-refractivity contribution in [3.05, 3.63) is 65.2 Å². The standard InChI is InChI=1S/C24H28N2O6/c1-24(2,3)32-22(28)25-19-11-10-17-13-20(21(27)30-4)26(14-18(17)12-19)23(29)31-15-16-8-6-5-7-9-16/h5-12,20H,13-15H2,1-4H3,(H,25,28)/t20-/m0/s1. The third kappa shape index (κ3) is 6.00. The Kier molecular flexibility index (Phi) is 7.02. The van der Waals surface area contributed by atoms with Crippen molar-refractivity contribution in [2.24, 2.45) is 0 Å². The number of benzene rings is 2. The first-order valence-electron chi connectivity index (χ1n) is 10.3. The Balaban J connectivity index is 1.76. The minimum atomic E-state index is -0.791. The highest BCUT2D eigenvalue weighted by Crippen LogP contribution is 2.28. The monoisotopic (exact) mass is 440 g/mol.